The second-order valence-corrected chi connectivity index (χ2v) is 2.86. The van der Waals surface area contributed by atoms with Gasteiger partial charge in [0.25, 0.3) is 23.9 Å². The van der Waals surface area contributed by atoms with Crippen LogP contribution in [-0.4, -0.2) is 50.8 Å². The monoisotopic (exact) mass is 316 g/mol. The number of hydrogen-bond acceptors (Lipinski definition) is 6. The number of carboxylic acid groups (broad SMARTS) is 4. The van der Waals surface area contributed by atoms with Crippen molar-refractivity contribution in [3.8, 4) is 0 Å². The highest BCUT2D eigenvalue weighted by molar-refractivity contribution is 5.63. The summed E-state index contributed by atoms with van der Waals surface area (Å²) in [5.41, 5.74) is 5.03. The van der Waals surface area contributed by atoms with Crippen molar-refractivity contribution < 1.29 is 39.6 Å². The molecule has 0 aliphatic rings. The van der Waals surface area contributed by atoms with Crippen LogP contribution in [0.1, 0.15) is 41.0 Å². The van der Waals surface area contributed by atoms with Crippen molar-refractivity contribution in [1.29, 1.82) is 0 Å². The number of carbonyl (C=O) groups is 4. The van der Waals surface area contributed by atoms with E-state index < -0.39 is 23.9 Å². The van der Waals surface area contributed by atoms with E-state index >= 15 is 0 Å². The van der Waals surface area contributed by atoms with Crippen molar-refractivity contribution in [2.45, 2.75) is 41.0 Å². The van der Waals surface area contributed by atoms with Gasteiger partial charge in [0.1, 0.15) is 0 Å². The molecule has 130 valence electrons. The Hall–Kier alpha value is -2.20. The summed E-state index contributed by atoms with van der Waals surface area (Å²) in [5.74, 6) is -3.33. The van der Waals surface area contributed by atoms with Crippen molar-refractivity contribution in [2.75, 3.05) is 6.54 Å². The highest BCUT2D eigenvalue weighted by Crippen LogP contribution is 1.57. The quantitative estimate of drug-likeness (QED) is 0.401. The van der Waals surface area contributed by atoms with Gasteiger partial charge in [0, 0.05) is 27.7 Å². The molecule has 21 heavy (non-hydrogen) atoms. The molecule has 0 aromatic carbocycles. The highest BCUT2D eigenvalue weighted by Gasteiger charge is 1.66. The SMILES string of the molecule is CC(=O)O.CC(=O)O.CC(=O)O.CC(=O)O.CCCN.N. The number of rotatable bonds is 1. The number of carboxylic acids is 4. The van der Waals surface area contributed by atoms with Crippen LogP contribution in [0.2, 0.25) is 0 Å². The Morgan fingerprint density at radius 2 is 0.762 bits per heavy atom. The molecule has 0 heterocycles. The van der Waals surface area contributed by atoms with Crippen molar-refractivity contribution >= 4 is 23.9 Å². The Bertz CT molecular complexity index is 191. The zero-order valence-electron chi connectivity index (χ0n) is 13.1. The van der Waals surface area contributed by atoms with Gasteiger partial charge in [-0.3, -0.25) is 19.2 Å². The van der Waals surface area contributed by atoms with Crippen LogP contribution in [0.25, 0.3) is 0 Å². The van der Waals surface area contributed by atoms with Gasteiger partial charge in [-0.05, 0) is 13.0 Å². The largest absolute Gasteiger partial charge is 0.481 e. The minimum atomic E-state index is -0.833. The number of aliphatic carboxylic acids is 4. The average molecular weight is 316 g/mol. The van der Waals surface area contributed by atoms with Crippen LogP contribution in [0.3, 0.4) is 0 Å². The van der Waals surface area contributed by atoms with E-state index in [2.05, 4.69) is 6.92 Å². The van der Waals surface area contributed by atoms with Crippen LogP contribution in [0, 0.1) is 0 Å². The Balaban J connectivity index is -0.0000000331. The highest BCUT2D eigenvalue weighted by atomic mass is 16.4. The maximum Gasteiger partial charge on any atom is 0.300 e. The topological polar surface area (TPSA) is 210 Å². The van der Waals surface area contributed by atoms with Gasteiger partial charge < -0.3 is 32.3 Å². The average Bonchev–Trinajstić information content (AvgIpc) is 2.13. The molecule has 9 N–H and O–H groups in total. The van der Waals surface area contributed by atoms with E-state index in [1.165, 1.54) is 0 Å². The second-order valence-electron chi connectivity index (χ2n) is 2.86. The van der Waals surface area contributed by atoms with Crippen molar-refractivity contribution in [1.82, 2.24) is 6.15 Å². The molecular weight excluding hydrogens is 288 g/mol. The van der Waals surface area contributed by atoms with E-state index in [-0.39, 0.29) is 6.15 Å². The molecule has 0 bridgehead atoms. The first kappa shape index (κ1) is 36.4. The third kappa shape index (κ3) is 3090. The molecule has 10 heteroatoms. The van der Waals surface area contributed by atoms with Crippen molar-refractivity contribution in [3.05, 3.63) is 0 Å². The first-order chi connectivity index (χ1) is 8.84. The zero-order chi connectivity index (χ0) is 17.7. The fourth-order valence-electron chi connectivity index (χ4n) is 0. The molecule has 0 saturated carbocycles. The molecule has 0 atom stereocenters. The van der Waals surface area contributed by atoms with Gasteiger partial charge >= 0.3 is 0 Å². The summed E-state index contributed by atoms with van der Waals surface area (Å²) < 4.78 is 0. The van der Waals surface area contributed by atoms with E-state index in [4.69, 9.17) is 45.3 Å². The lowest BCUT2D eigenvalue weighted by atomic mass is 10.5. The fourth-order valence-corrected chi connectivity index (χ4v) is 0. The summed E-state index contributed by atoms with van der Waals surface area (Å²) in [6.07, 6.45) is 1.10. The molecule has 0 spiro atoms. The molecule has 0 aliphatic heterocycles. The maximum absolute atomic E-state index is 9.00. The van der Waals surface area contributed by atoms with Gasteiger partial charge in [-0.2, -0.15) is 0 Å². The summed E-state index contributed by atoms with van der Waals surface area (Å²) >= 11 is 0. The summed E-state index contributed by atoms with van der Waals surface area (Å²) in [6.45, 7) is 7.21. The van der Waals surface area contributed by atoms with Gasteiger partial charge in [-0.1, -0.05) is 6.92 Å². The van der Waals surface area contributed by atoms with Crippen LogP contribution in [0.15, 0.2) is 0 Å². The Labute approximate surface area is 124 Å². The maximum atomic E-state index is 9.00. The number of hydrogen-bond donors (Lipinski definition) is 6. The van der Waals surface area contributed by atoms with Crippen molar-refractivity contribution in [3.63, 3.8) is 0 Å². The third-order valence-corrected chi connectivity index (χ3v) is 0.289. The van der Waals surface area contributed by atoms with Gasteiger partial charge in [0.05, 0.1) is 0 Å². The van der Waals surface area contributed by atoms with E-state index in [1.807, 2.05) is 0 Å². The molecule has 0 radical (unpaired) electrons. The Kier molecular flexibility index (Phi) is 62.5. The fraction of sp³-hybridized carbons (Fsp3) is 0.636. The normalized spacial score (nSPS) is 6.19. The lowest BCUT2D eigenvalue weighted by Gasteiger charge is -1.70. The molecule has 10 nitrogen and oxygen atoms in total. The van der Waals surface area contributed by atoms with Crippen LogP contribution in [0.5, 0.6) is 0 Å². The summed E-state index contributed by atoms with van der Waals surface area (Å²) in [6, 6.07) is 0. The van der Waals surface area contributed by atoms with Gasteiger partial charge in [0.2, 0.25) is 0 Å². The lowest BCUT2D eigenvalue weighted by molar-refractivity contribution is -0.135. The van der Waals surface area contributed by atoms with E-state index in [1.54, 1.807) is 0 Å². The third-order valence-electron chi connectivity index (χ3n) is 0.289. The summed E-state index contributed by atoms with van der Waals surface area (Å²) in [4.78, 5) is 36.0. The molecule has 0 saturated heterocycles. The van der Waals surface area contributed by atoms with Gasteiger partial charge in [-0.25, -0.2) is 0 Å². The van der Waals surface area contributed by atoms with E-state index in [0.717, 1.165) is 40.7 Å². The Morgan fingerprint density at radius 3 is 0.762 bits per heavy atom. The molecule has 0 aliphatic carbocycles. The minimum absolute atomic E-state index is 0. The molecule has 0 fully saturated rings. The van der Waals surface area contributed by atoms with Crippen LogP contribution < -0.4 is 11.9 Å². The zero-order valence-corrected chi connectivity index (χ0v) is 13.1. The lowest BCUT2D eigenvalue weighted by Crippen LogP contribution is -1.93. The minimum Gasteiger partial charge on any atom is -0.481 e. The van der Waals surface area contributed by atoms with Crippen LogP contribution in [0.4, 0.5) is 0 Å². The predicted octanol–water partition coefficient (Wildman–Crippen LogP) is 0.881. The predicted molar refractivity (Wildman–Crippen MR) is 77.6 cm³/mol. The first-order valence-electron chi connectivity index (χ1n) is 5.33. The molecule has 0 aromatic rings. The van der Waals surface area contributed by atoms with Crippen molar-refractivity contribution in [2.24, 2.45) is 5.73 Å². The Morgan fingerprint density at radius 1 is 0.714 bits per heavy atom. The molecule has 0 amide bonds. The second kappa shape index (κ2) is 36.1. The molecule has 0 rings (SSSR count). The standard InChI is InChI=1S/C3H9N.4C2H4O2.H3N/c1-2-3-4;4*1-2(3)4;/h2-4H2,1H3;4*1H3,(H,3,4);1H3. The van der Waals surface area contributed by atoms with Gasteiger partial charge in [0.15, 0.2) is 0 Å². The van der Waals surface area contributed by atoms with Crippen LogP contribution in [-0.2, 0) is 19.2 Å². The van der Waals surface area contributed by atoms with Gasteiger partial charge in [-0.15, -0.1) is 0 Å². The first-order valence-corrected chi connectivity index (χ1v) is 5.33. The number of nitrogens with two attached hydrogens (primary N) is 1. The molecular formula is C11H28N2O8. The molecule has 0 unspecified atom stereocenters. The van der Waals surface area contributed by atoms with Crippen LogP contribution >= 0.6 is 0 Å². The molecule has 0 aromatic heterocycles. The summed E-state index contributed by atoms with van der Waals surface area (Å²) in [7, 11) is 0. The van der Waals surface area contributed by atoms with E-state index in [9.17, 15) is 0 Å². The smallest absolute Gasteiger partial charge is 0.300 e. The summed E-state index contributed by atoms with van der Waals surface area (Å²) in [5, 5.41) is 29.7. The van der Waals surface area contributed by atoms with E-state index in [0.29, 0.717) is 0 Å².